The van der Waals surface area contributed by atoms with Crippen molar-refractivity contribution < 1.29 is 4.74 Å². The normalized spacial score (nSPS) is 17.2. The van der Waals surface area contributed by atoms with Crippen LogP contribution < -0.4 is 9.75 Å². The van der Waals surface area contributed by atoms with E-state index in [-0.39, 0.29) is 6.04 Å². The predicted octanol–water partition coefficient (Wildman–Crippen LogP) is 4.88. The highest BCUT2D eigenvalue weighted by atomic mass is 32.1. The first-order valence-electron chi connectivity index (χ1n) is 7.71. The minimum atomic E-state index is 0.165. The lowest BCUT2D eigenvalue weighted by Crippen LogP contribution is -2.18. The van der Waals surface area contributed by atoms with Gasteiger partial charge in [0.25, 0.3) is 0 Å². The van der Waals surface area contributed by atoms with E-state index in [9.17, 15) is 0 Å². The molecule has 1 unspecified atom stereocenters. The monoisotopic (exact) mass is 355 g/mol. The van der Waals surface area contributed by atoms with Crippen molar-refractivity contribution in [1.29, 1.82) is 0 Å². The van der Waals surface area contributed by atoms with E-state index >= 15 is 0 Å². The zero-order chi connectivity index (χ0) is 16.5. The smallest absolute Gasteiger partial charge is 0.206 e. The number of hydrogen-bond donors (Lipinski definition) is 0. The molecule has 0 aliphatic carbocycles. The minimum absolute atomic E-state index is 0.165. The Morgan fingerprint density at radius 2 is 2.00 bits per heavy atom. The maximum atomic E-state index is 5.28. The van der Waals surface area contributed by atoms with E-state index in [1.165, 1.54) is 10.4 Å². The van der Waals surface area contributed by atoms with Gasteiger partial charge in [-0.25, -0.2) is 9.99 Å². The number of thiazole rings is 1. The van der Waals surface area contributed by atoms with E-state index in [0.29, 0.717) is 0 Å². The summed E-state index contributed by atoms with van der Waals surface area (Å²) in [5.74, 6) is 0.868. The number of anilines is 1. The Labute approximate surface area is 149 Å². The highest BCUT2D eigenvalue weighted by Crippen LogP contribution is 2.38. The lowest BCUT2D eigenvalue weighted by Gasteiger charge is -2.21. The van der Waals surface area contributed by atoms with Crippen LogP contribution >= 0.6 is 22.7 Å². The van der Waals surface area contributed by atoms with E-state index in [1.54, 1.807) is 29.8 Å². The lowest BCUT2D eigenvalue weighted by atomic mass is 10.0. The maximum Gasteiger partial charge on any atom is 0.206 e. The van der Waals surface area contributed by atoms with Crippen molar-refractivity contribution >= 4 is 33.5 Å². The van der Waals surface area contributed by atoms with Gasteiger partial charge in [-0.15, -0.1) is 22.7 Å². The van der Waals surface area contributed by atoms with Crippen molar-refractivity contribution in [1.82, 2.24) is 4.98 Å². The fourth-order valence-corrected chi connectivity index (χ4v) is 4.33. The van der Waals surface area contributed by atoms with Crippen LogP contribution in [-0.2, 0) is 0 Å². The third-order valence-corrected chi connectivity index (χ3v) is 5.89. The summed E-state index contributed by atoms with van der Waals surface area (Å²) in [6, 6.07) is 12.6. The van der Waals surface area contributed by atoms with Crippen molar-refractivity contribution in [3.63, 3.8) is 0 Å². The van der Waals surface area contributed by atoms with Crippen molar-refractivity contribution in [3.8, 4) is 5.75 Å². The van der Waals surface area contributed by atoms with Gasteiger partial charge in [-0.05, 0) is 36.1 Å². The average molecular weight is 355 g/mol. The van der Waals surface area contributed by atoms with Crippen LogP contribution in [-0.4, -0.2) is 17.8 Å². The molecule has 0 spiro atoms. The highest BCUT2D eigenvalue weighted by Gasteiger charge is 2.31. The van der Waals surface area contributed by atoms with Gasteiger partial charge in [-0.1, -0.05) is 18.2 Å². The second kappa shape index (κ2) is 6.37. The van der Waals surface area contributed by atoms with Gasteiger partial charge in [0.15, 0.2) is 0 Å². The molecule has 3 aromatic rings. The third-order valence-electron chi connectivity index (χ3n) is 4.02. The van der Waals surface area contributed by atoms with Crippen LogP contribution in [0.2, 0.25) is 0 Å². The molecule has 1 atom stereocenters. The molecular weight excluding hydrogens is 338 g/mol. The molecule has 0 amide bonds. The van der Waals surface area contributed by atoms with Crippen molar-refractivity contribution in [2.45, 2.75) is 19.4 Å². The Hall–Kier alpha value is -2.18. The number of thiophene rings is 1. The first-order valence-corrected chi connectivity index (χ1v) is 9.47. The molecule has 4 nitrogen and oxygen atoms in total. The molecule has 3 heterocycles. The summed E-state index contributed by atoms with van der Waals surface area (Å²) in [7, 11) is 1.69. The van der Waals surface area contributed by atoms with Crippen molar-refractivity contribution in [3.05, 3.63) is 63.3 Å². The first-order chi connectivity index (χ1) is 11.7. The van der Waals surface area contributed by atoms with E-state index in [0.717, 1.165) is 28.7 Å². The molecule has 0 N–H and O–H groups in total. The maximum absolute atomic E-state index is 5.28. The quantitative estimate of drug-likeness (QED) is 0.669. The second-order valence-electron chi connectivity index (χ2n) is 5.63. The first kappa shape index (κ1) is 15.4. The van der Waals surface area contributed by atoms with E-state index < -0.39 is 0 Å². The van der Waals surface area contributed by atoms with Crippen LogP contribution in [0.4, 0.5) is 5.13 Å². The molecule has 1 aliphatic heterocycles. The number of ether oxygens (including phenoxy) is 1. The van der Waals surface area contributed by atoms with Gasteiger partial charge in [0.1, 0.15) is 5.75 Å². The van der Waals surface area contributed by atoms with Crippen LogP contribution in [0, 0.1) is 6.92 Å². The summed E-state index contributed by atoms with van der Waals surface area (Å²) >= 11 is 3.37. The fraction of sp³-hybridized carbons (Fsp3) is 0.222. The molecule has 2 aromatic heterocycles. The lowest BCUT2D eigenvalue weighted by molar-refractivity contribution is 0.414. The molecule has 1 aliphatic rings. The SMILES string of the molecule is COc1ccc(C2CC(c3cccs3)=NN2c2nc(C)cs2)cc1. The standard InChI is InChI=1S/C18H17N3OS2/c1-12-11-24-18(19-12)21-16(13-5-7-14(22-2)8-6-13)10-15(20-21)17-4-3-9-23-17/h3-9,11,16H,10H2,1-2H3. The van der Waals surface area contributed by atoms with Gasteiger partial charge in [0.05, 0.1) is 29.4 Å². The molecule has 122 valence electrons. The second-order valence-corrected chi connectivity index (χ2v) is 7.42. The van der Waals surface area contributed by atoms with Crippen LogP contribution in [0.15, 0.2) is 52.3 Å². The molecule has 0 saturated heterocycles. The summed E-state index contributed by atoms with van der Waals surface area (Å²) < 4.78 is 5.28. The summed E-state index contributed by atoms with van der Waals surface area (Å²) in [4.78, 5) is 5.86. The van der Waals surface area contributed by atoms with E-state index in [2.05, 4.69) is 45.0 Å². The number of hydrogen-bond acceptors (Lipinski definition) is 6. The van der Waals surface area contributed by atoms with Gasteiger partial charge >= 0.3 is 0 Å². The summed E-state index contributed by atoms with van der Waals surface area (Å²) in [6.07, 6.45) is 0.880. The Morgan fingerprint density at radius 3 is 2.62 bits per heavy atom. The molecule has 0 fully saturated rings. The fourth-order valence-electron chi connectivity index (χ4n) is 2.81. The molecule has 0 bridgehead atoms. The number of aromatic nitrogens is 1. The van der Waals surface area contributed by atoms with Gasteiger partial charge in [-0.3, -0.25) is 0 Å². The number of benzene rings is 1. The zero-order valence-corrected chi connectivity index (χ0v) is 15.1. The number of hydrazone groups is 1. The van der Waals surface area contributed by atoms with Crippen LogP contribution in [0.3, 0.4) is 0 Å². The van der Waals surface area contributed by atoms with Crippen molar-refractivity contribution in [2.75, 3.05) is 12.1 Å². The summed E-state index contributed by atoms with van der Waals surface area (Å²) in [5, 5.41) is 12.1. The Bertz CT molecular complexity index is 853. The topological polar surface area (TPSA) is 37.7 Å². The molecule has 1 aromatic carbocycles. The Balaban J connectivity index is 1.71. The van der Waals surface area contributed by atoms with Crippen molar-refractivity contribution in [2.24, 2.45) is 5.10 Å². The van der Waals surface area contributed by atoms with Gasteiger partial charge < -0.3 is 4.74 Å². The number of methoxy groups -OCH3 is 1. The Morgan fingerprint density at radius 1 is 1.17 bits per heavy atom. The number of rotatable bonds is 4. The zero-order valence-electron chi connectivity index (χ0n) is 13.5. The highest BCUT2D eigenvalue weighted by molar-refractivity contribution is 7.13. The van der Waals surface area contributed by atoms with Gasteiger partial charge in [0, 0.05) is 11.8 Å². The summed E-state index contributed by atoms with van der Waals surface area (Å²) in [5.41, 5.74) is 3.38. The molecule has 0 saturated carbocycles. The van der Waals surface area contributed by atoms with Crippen LogP contribution in [0.25, 0.3) is 0 Å². The third kappa shape index (κ3) is 2.83. The van der Waals surface area contributed by atoms with Gasteiger partial charge in [0.2, 0.25) is 5.13 Å². The molecule has 4 rings (SSSR count). The number of nitrogens with zero attached hydrogens (tertiary/aromatic N) is 3. The Kier molecular flexibility index (Phi) is 4.08. The average Bonchev–Trinajstić information content (AvgIpc) is 3.34. The largest absolute Gasteiger partial charge is 0.497 e. The molecule has 6 heteroatoms. The molecular formula is C18H17N3OS2. The van der Waals surface area contributed by atoms with E-state index in [1.807, 2.05) is 19.1 Å². The van der Waals surface area contributed by atoms with E-state index in [4.69, 9.17) is 9.84 Å². The minimum Gasteiger partial charge on any atom is -0.497 e. The van der Waals surface area contributed by atoms with Crippen LogP contribution in [0.5, 0.6) is 5.75 Å². The summed E-state index contributed by atoms with van der Waals surface area (Å²) in [6.45, 7) is 2.02. The molecule has 0 radical (unpaired) electrons. The predicted molar refractivity (Wildman–Crippen MR) is 101 cm³/mol. The number of aryl methyl sites for hydroxylation is 1. The molecule has 24 heavy (non-hydrogen) atoms. The van der Waals surface area contributed by atoms with Crippen LogP contribution in [0.1, 0.15) is 28.6 Å². The van der Waals surface area contributed by atoms with Gasteiger partial charge in [-0.2, -0.15) is 5.10 Å².